The second-order valence-electron chi connectivity index (χ2n) is 15.2. The fourth-order valence-electron chi connectivity index (χ4n) is 6.59. The summed E-state index contributed by atoms with van der Waals surface area (Å²) >= 11 is 0. The number of anilines is 4. The van der Waals surface area contributed by atoms with Crippen LogP contribution in [-0.4, -0.2) is 109 Å². The first-order valence-corrected chi connectivity index (χ1v) is 21.4. The van der Waals surface area contributed by atoms with E-state index in [-0.39, 0.29) is 23.8 Å². The lowest BCUT2D eigenvalue weighted by molar-refractivity contribution is 0.00519. The molecule has 1 aliphatic heterocycles. The summed E-state index contributed by atoms with van der Waals surface area (Å²) in [5, 5.41) is 10.5. The van der Waals surface area contributed by atoms with Crippen molar-refractivity contribution in [3.8, 4) is 28.9 Å². The number of hydrogen-bond donors (Lipinski definition) is 5. The van der Waals surface area contributed by atoms with Crippen molar-refractivity contribution in [2.75, 3.05) is 96.1 Å². The molecule has 0 atom stereocenters. The lowest BCUT2D eigenvalue weighted by atomic mass is 9.85. The van der Waals surface area contributed by atoms with E-state index in [2.05, 4.69) is 35.5 Å². The van der Waals surface area contributed by atoms with Gasteiger partial charge in [-0.15, -0.1) is 0 Å². The number of nitrogens with zero attached hydrogens (tertiary/aromatic N) is 3. The minimum absolute atomic E-state index is 0.000379. The van der Waals surface area contributed by atoms with E-state index < -0.39 is 16.9 Å². The van der Waals surface area contributed by atoms with Crippen LogP contribution in [0.4, 0.5) is 27.8 Å². The number of morpholine rings is 1. The number of carbonyl (C=O) groups is 1. The normalized spacial score (nSPS) is 13.2. The van der Waals surface area contributed by atoms with Crippen LogP contribution in [0.1, 0.15) is 31.9 Å². The molecular formula is C44H55N7O10S. The lowest BCUT2D eigenvalue weighted by Gasteiger charge is -2.26. The van der Waals surface area contributed by atoms with E-state index in [0.29, 0.717) is 84.0 Å². The zero-order chi connectivity index (χ0) is 43.9. The second kappa shape index (κ2) is 22.4. The standard InChI is InChI=1S/C44H55N7O10S/c1-44(2,3)31-24-30(29-46-62(53)54)41(56-5)38(25-31)49-43(52)48-37-10-11-39(36-9-7-6-8-35(36)37)61-40-12-13-45-42(50-40)47-32-26-33(55-4)28-34(27-32)60-23-22-59-21-20-58-19-16-51-14-17-57-18-15-51/h6-13,24-28,62H,14-23,29H2,1-5H3,(H,45,47,50)(H,46,53,54)(H2,48,49,52). The molecule has 0 aliphatic carbocycles. The fraction of sp³-hybridized carbons (Fsp3) is 0.386. The Labute approximate surface area is 363 Å². The summed E-state index contributed by atoms with van der Waals surface area (Å²) in [5.74, 6) is 2.57. The van der Waals surface area contributed by atoms with Gasteiger partial charge in [0.15, 0.2) is 0 Å². The summed E-state index contributed by atoms with van der Waals surface area (Å²) in [7, 11) is 0.208. The number of rotatable bonds is 21. The molecule has 4 aromatic carbocycles. The van der Waals surface area contributed by atoms with Crippen molar-refractivity contribution in [2.45, 2.75) is 32.7 Å². The van der Waals surface area contributed by atoms with Gasteiger partial charge in [0.25, 0.3) is 0 Å². The number of urea groups is 1. The Morgan fingerprint density at radius 3 is 2.29 bits per heavy atom. The van der Waals surface area contributed by atoms with Crippen molar-refractivity contribution in [1.82, 2.24) is 19.6 Å². The van der Waals surface area contributed by atoms with Crippen molar-refractivity contribution in [1.29, 1.82) is 0 Å². The van der Waals surface area contributed by atoms with Gasteiger partial charge in [-0.1, -0.05) is 51.1 Å². The third-order valence-electron chi connectivity index (χ3n) is 9.76. The molecule has 1 aliphatic rings. The monoisotopic (exact) mass is 873 g/mol. The minimum atomic E-state index is -2.84. The number of aromatic nitrogens is 2. The number of fused-ring (bicyclic) bond motifs is 1. The van der Waals surface area contributed by atoms with Gasteiger partial charge in [-0.3, -0.25) is 4.90 Å². The van der Waals surface area contributed by atoms with Gasteiger partial charge >= 0.3 is 6.03 Å². The minimum Gasteiger partial charge on any atom is -0.497 e. The molecular weight excluding hydrogens is 819 g/mol. The van der Waals surface area contributed by atoms with Gasteiger partial charge in [-0.05, 0) is 29.2 Å². The Kier molecular flexibility index (Phi) is 16.5. The molecule has 1 saturated heterocycles. The summed E-state index contributed by atoms with van der Waals surface area (Å²) in [6.07, 6.45) is 1.58. The van der Waals surface area contributed by atoms with Crippen LogP contribution in [0.3, 0.4) is 0 Å². The van der Waals surface area contributed by atoms with E-state index in [1.54, 1.807) is 43.6 Å². The van der Waals surface area contributed by atoms with E-state index in [0.717, 1.165) is 43.8 Å². The number of ether oxygens (including phenoxy) is 7. The molecule has 0 bridgehead atoms. The van der Waals surface area contributed by atoms with Gasteiger partial charge in [-0.2, -0.15) is 4.98 Å². The number of nitrogens with one attached hydrogen (secondary N) is 4. The third-order valence-corrected chi connectivity index (χ3v) is 10.2. The van der Waals surface area contributed by atoms with Crippen LogP contribution in [-0.2, 0) is 37.1 Å². The molecule has 332 valence electrons. The zero-order valence-electron chi connectivity index (χ0n) is 35.7. The quantitative estimate of drug-likeness (QED) is 0.0397. The Hall–Kier alpha value is -5.76. The van der Waals surface area contributed by atoms with Crippen LogP contribution < -0.4 is 39.6 Å². The number of carbonyl (C=O) groups excluding carboxylic acids is 1. The molecule has 0 radical (unpaired) electrons. The second-order valence-corrected chi connectivity index (χ2v) is 16.0. The van der Waals surface area contributed by atoms with Crippen LogP contribution in [0.15, 0.2) is 79.0 Å². The Balaban J connectivity index is 1.07. The summed E-state index contributed by atoms with van der Waals surface area (Å²) in [6, 6.07) is 21.2. The Morgan fingerprint density at radius 2 is 1.55 bits per heavy atom. The van der Waals surface area contributed by atoms with Crippen LogP contribution in [0.5, 0.6) is 28.9 Å². The average Bonchev–Trinajstić information content (AvgIpc) is 3.25. The lowest BCUT2D eigenvalue weighted by Crippen LogP contribution is -2.38. The topological polar surface area (TPSA) is 193 Å². The molecule has 0 saturated carbocycles. The molecule has 62 heavy (non-hydrogen) atoms. The first-order chi connectivity index (χ1) is 30.0. The highest BCUT2D eigenvalue weighted by Crippen LogP contribution is 2.37. The summed E-state index contributed by atoms with van der Waals surface area (Å²) in [5.41, 5.74) is 2.72. The number of methoxy groups -OCH3 is 2. The molecule has 0 spiro atoms. The average molecular weight is 874 g/mol. The van der Waals surface area contributed by atoms with Gasteiger partial charge in [0.2, 0.25) is 22.7 Å². The van der Waals surface area contributed by atoms with E-state index in [1.807, 2.05) is 63.2 Å². The van der Waals surface area contributed by atoms with Crippen LogP contribution in [0, 0.1) is 0 Å². The molecule has 2 heterocycles. The molecule has 18 heteroatoms. The van der Waals surface area contributed by atoms with Gasteiger partial charge in [0, 0.05) is 78.7 Å². The summed E-state index contributed by atoms with van der Waals surface area (Å²) in [6.45, 7) is 12.8. The van der Waals surface area contributed by atoms with E-state index >= 15 is 0 Å². The molecule has 1 aromatic heterocycles. The molecule has 4 N–H and O–H groups in total. The first-order valence-electron chi connectivity index (χ1n) is 20.2. The van der Waals surface area contributed by atoms with Crippen molar-refractivity contribution in [2.24, 2.45) is 0 Å². The first kappa shape index (κ1) is 45.8. The highest BCUT2D eigenvalue weighted by Gasteiger charge is 2.21. The third kappa shape index (κ3) is 13.4. The van der Waals surface area contributed by atoms with Crippen molar-refractivity contribution in [3.63, 3.8) is 0 Å². The Bertz CT molecular complexity index is 2340. The maximum atomic E-state index is 13.5. The number of hydrogen-bond acceptors (Lipinski definition) is 14. The van der Waals surface area contributed by atoms with Crippen LogP contribution >= 0.6 is 0 Å². The molecule has 2 amide bonds. The van der Waals surface area contributed by atoms with Crippen molar-refractivity contribution < 1.29 is 46.4 Å². The Morgan fingerprint density at radius 1 is 0.823 bits per heavy atom. The maximum absolute atomic E-state index is 13.5. The smallest absolute Gasteiger partial charge is 0.323 e. The van der Waals surface area contributed by atoms with Gasteiger partial charge < -0.3 is 49.1 Å². The summed E-state index contributed by atoms with van der Waals surface area (Å²) < 4.78 is 65.3. The summed E-state index contributed by atoms with van der Waals surface area (Å²) in [4.78, 5) is 24.8. The van der Waals surface area contributed by atoms with E-state index in [9.17, 15) is 13.2 Å². The van der Waals surface area contributed by atoms with Crippen LogP contribution in [0.25, 0.3) is 10.8 Å². The van der Waals surface area contributed by atoms with Crippen molar-refractivity contribution >= 4 is 50.7 Å². The molecule has 17 nitrogen and oxygen atoms in total. The maximum Gasteiger partial charge on any atom is 0.323 e. The fourth-order valence-corrected chi connectivity index (χ4v) is 6.89. The van der Waals surface area contributed by atoms with Gasteiger partial charge in [0.05, 0.1) is 65.2 Å². The van der Waals surface area contributed by atoms with Gasteiger partial charge in [0.1, 0.15) is 29.6 Å². The van der Waals surface area contributed by atoms with Crippen molar-refractivity contribution in [3.05, 3.63) is 90.1 Å². The predicted molar refractivity (Wildman–Crippen MR) is 238 cm³/mol. The number of benzene rings is 4. The zero-order valence-corrected chi connectivity index (χ0v) is 36.5. The largest absolute Gasteiger partial charge is 0.497 e. The molecule has 6 rings (SSSR count). The number of thiol groups is 1. The molecule has 1 fully saturated rings. The number of amides is 2. The SMILES string of the molecule is COc1cc(Nc2nccc(Oc3ccc(NC(=O)Nc4cc(C(C)(C)C)cc(CN[SH](=O)=O)c4OC)c4ccccc34)n2)cc(OCCOCCOCCN2CCOCC2)c1. The predicted octanol–water partition coefficient (Wildman–Crippen LogP) is 6.48. The highest BCUT2D eigenvalue weighted by atomic mass is 32.2. The van der Waals surface area contributed by atoms with E-state index in [1.165, 1.54) is 7.11 Å². The van der Waals surface area contributed by atoms with Crippen LogP contribution in [0.2, 0.25) is 0 Å². The van der Waals surface area contributed by atoms with Gasteiger partial charge in [-0.25, -0.2) is 22.9 Å². The molecule has 0 unspecified atom stereocenters. The van der Waals surface area contributed by atoms with E-state index in [4.69, 9.17) is 33.2 Å². The highest BCUT2D eigenvalue weighted by molar-refractivity contribution is 7.70. The molecule has 5 aromatic rings.